The number of ketones is 1. The minimum absolute atomic E-state index is 0.0961. The Kier molecular flexibility index (Phi) is 4.90. The molecular formula is C19H21NO3S. The maximum absolute atomic E-state index is 12.7. The van der Waals surface area contributed by atoms with Crippen molar-refractivity contribution in [3.8, 4) is 11.5 Å². The summed E-state index contributed by atoms with van der Waals surface area (Å²) in [5.41, 5.74) is 2.35. The zero-order valence-electron chi connectivity index (χ0n) is 14.2. The van der Waals surface area contributed by atoms with Crippen LogP contribution in [0.2, 0.25) is 0 Å². The second kappa shape index (κ2) is 7.09. The second-order valence-corrected chi connectivity index (χ2v) is 6.89. The standard InChI is InChI=1S/C19H21NO3S/c1-20(2)12-17(19(21)18-8-5-11-24-18)23-16-10-9-15(22-3)13-6-4-7-14(13)16/h5,8-12H,4,6-7H2,1-3H3. The molecule has 5 heteroatoms. The molecule has 1 aromatic carbocycles. The largest absolute Gasteiger partial charge is 0.496 e. The molecule has 0 saturated heterocycles. The van der Waals surface area contributed by atoms with E-state index in [1.807, 2.05) is 48.6 Å². The van der Waals surface area contributed by atoms with Crippen LogP contribution in [0, 0.1) is 0 Å². The number of benzene rings is 1. The van der Waals surface area contributed by atoms with Gasteiger partial charge >= 0.3 is 0 Å². The number of carbonyl (C=O) groups is 1. The van der Waals surface area contributed by atoms with E-state index in [1.165, 1.54) is 16.9 Å². The van der Waals surface area contributed by atoms with Crippen LogP contribution in [-0.2, 0) is 12.8 Å². The van der Waals surface area contributed by atoms with Gasteiger partial charge in [-0.2, -0.15) is 0 Å². The van der Waals surface area contributed by atoms with E-state index in [9.17, 15) is 4.79 Å². The summed E-state index contributed by atoms with van der Waals surface area (Å²) in [6, 6.07) is 7.51. The Morgan fingerprint density at radius 2 is 1.88 bits per heavy atom. The summed E-state index contributed by atoms with van der Waals surface area (Å²) in [7, 11) is 5.44. The van der Waals surface area contributed by atoms with Gasteiger partial charge in [-0.25, -0.2) is 0 Å². The summed E-state index contributed by atoms with van der Waals surface area (Å²) in [6.07, 6.45) is 4.75. The van der Waals surface area contributed by atoms with Crippen molar-refractivity contribution in [1.82, 2.24) is 4.90 Å². The summed E-state index contributed by atoms with van der Waals surface area (Å²) < 4.78 is 11.5. The summed E-state index contributed by atoms with van der Waals surface area (Å²) in [4.78, 5) is 15.2. The maximum atomic E-state index is 12.7. The van der Waals surface area contributed by atoms with Gasteiger partial charge in [-0.3, -0.25) is 4.79 Å². The third kappa shape index (κ3) is 3.31. The molecule has 0 bridgehead atoms. The third-order valence-electron chi connectivity index (χ3n) is 3.98. The van der Waals surface area contributed by atoms with Crippen molar-refractivity contribution < 1.29 is 14.3 Å². The van der Waals surface area contributed by atoms with E-state index >= 15 is 0 Å². The van der Waals surface area contributed by atoms with Gasteiger partial charge in [0, 0.05) is 31.4 Å². The molecule has 1 heterocycles. The zero-order chi connectivity index (χ0) is 17.1. The van der Waals surface area contributed by atoms with Crippen LogP contribution < -0.4 is 9.47 Å². The monoisotopic (exact) mass is 343 g/mol. The predicted octanol–water partition coefficient (Wildman–Crippen LogP) is 3.91. The van der Waals surface area contributed by atoms with Crippen molar-refractivity contribution in [1.29, 1.82) is 0 Å². The summed E-state index contributed by atoms with van der Waals surface area (Å²) >= 11 is 1.42. The maximum Gasteiger partial charge on any atom is 0.239 e. The first-order valence-electron chi connectivity index (χ1n) is 7.93. The molecular weight excluding hydrogens is 322 g/mol. The molecule has 3 rings (SSSR count). The number of nitrogens with zero attached hydrogens (tertiary/aromatic N) is 1. The molecule has 0 unspecified atom stereocenters. The van der Waals surface area contributed by atoms with Gasteiger partial charge in [-0.05, 0) is 42.8 Å². The quantitative estimate of drug-likeness (QED) is 0.453. The van der Waals surface area contributed by atoms with Crippen LogP contribution in [0.25, 0.3) is 0 Å². The Balaban J connectivity index is 1.95. The highest BCUT2D eigenvalue weighted by atomic mass is 32.1. The average molecular weight is 343 g/mol. The van der Waals surface area contributed by atoms with Crippen LogP contribution in [0.15, 0.2) is 41.6 Å². The van der Waals surface area contributed by atoms with Gasteiger partial charge in [-0.15, -0.1) is 11.3 Å². The van der Waals surface area contributed by atoms with Gasteiger partial charge in [-0.1, -0.05) is 6.07 Å². The molecule has 0 atom stereocenters. The molecule has 4 nitrogen and oxygen atoms in total. The van der Waals surface area contributed by atoms with E-state index < -0.39 is 0 Å². The van der Waals surface area contributed by atoms with Gasteiger partial charge in [0.25, 0.3) is 0 Å². The summed E-state index contributed by atoms with van der Waals surface area (Å²) in [5, 5.41) is 1.89. The number of rotatable bonds is 6. The Hall–Kier alpha value is -2.27. The number of thiophene rings is 1. The number of ether oxygens (including phenoxy) is 2. The van der Waals surface area contributed by atoms with Crippen molar-refractivity contribution in [2.45, 2.75) is 19.3 Å². The molecule has 2 aromatic rings. The lowest BCUT2D eigenvalue weighted by molar-refractivity contribution is 0.0986. The Morgan fingerprint density at radius 1 is 1.17 bits per heavy atom. The van der Waals surface area contributed by atoms with Crippen molar-refractivity contribution >= 4 is 17.1 Å². The molecule has 0 saturated carbocycles. The van der Waals surface area contributed by atoms with Crippen molar-refractivity contribution in [2.75, 3.05) is 21.2 Å². The number of hydrogen-bond donors (Lipinski definition) is 0. The van der Waals surface area contributed by atoms with Gasteiger partial charge in [0.05, 0.1) is 12.0 Å². The number of carbonyl (C=O) groups excluding carboxylic acids is 1. The van der Waals surface area contributed by atoms with Crippen LogP contribution in [-0.4, -0.2) is 31.9 Å². The lowest BCUT2D eigenvalue weighted by Crippen LogP contribution is -2.14. The van der Waals surface area contributed by atoms with Crippen LogP contribution in [0.1, 0.15) is 27.2 Å². The highest BCUT2D eigenvalue weighted by Gasteiger charge is 2.23. The SMILES string of the molecule is COc1ccc(OC(=CN(C)C)C(=O)c2cccs2)c2c1CCC2. The van der Waals surface area contributed by atoms with Crippen molar-refractivity contribution in [2.24, 2.45) is 0 Å². The van der Waals surface area contributed by atoms with Crippen LogP contribution in [0.3, 0.4) is 0 Å². The molecule has 0 aliphatic heterocycles. The fourth-order valence-corrected chi connectivity index (χ4v) is 3.61. The first-order chi connectivity index (χ1) is 11.6. The summed E-state index contributed by atoms with van der Waals surface area (Å²) in [5.74, 6) is 1.89. The predicted molar refractivity (Wildman–Crippen MR) is 96.1 cm³/mol. The molecule has 1 aromatic heterocycles. The minimum Gasteiger partial charge on any atom is -0.496 e. The lowest BCUT2D eigenvalue weighted by atomic mass is 10.1. The van der Waals surface area contributed by atoms with E-state index in [2.05, 4.69) is 0 Å². The number of Topliss-reactive ketones (excluding diaryl/α,β-unsaturated/α-hetero) is 1. The zero-order valence-corrected chi connectivity index (χ0v) is 15.0. The first-order valence-corrected chi connectivity index (χ1v) is 8.81. The van der Waals surface area contributed by atoms with Crippen molar-refractivity contribution in [3.05, 3.63) is 57.6 Å². The number of methoxy groups -OCH3 is 1. The van der Waals surface area contributed by atoms with Gasteiger partial charge in [0.15, 0.2) is 5.76 Å². The second-order valence-electron chi connectivity index (χ2n) is 5.94. The Morgan fingerprint density at radius 3 is 2.50 bits per heavy atom. The molecule has 0 fully saturated rings. The molecule has 0 N–H and O–H groups in total. The topological polar surface area (TPSA) is 38.8 Å². The van der Waals surface area contributed by atoms with Gasteiger partial charge in [0.2, 0.25) is 5.78 Å². The van der Waals surface area contributed by atoms with E-state index in [4.69, 9.17) is 9.47 Å². The van der Waals surface area contributed by atoms with E-state index in [0.29, 0.717) is 10.6 Å². The first kappa shape index (κ1) is 16.6. The third-order valence-corrected chi connectivity index (χ3v) is 4.85. The lowest BCUT2D eigenvalue weighted by Gasteiger charge is -2.16. The van der Waals surface area contributed by atoms with E-state index in [0.717, 1.165) is 36.3 Å². The number of allylic oxidation sites excluding steroid dienone is 1. The minimum atomic E-state index is -0.0961. The summed E-state index contributed by atoms with van der Waals surface area (Å²) in [6.45, 7) is 0. The van der Waals surface area contributed by atoms with Crippen LogP contribution in [0.5, 0.6) is 11.5 Å². The molecule has 0 radical (unpaired) electrons. The number of fused-ring (bicyclic) bond motifs is 1. The molecule has 0 amide bonds. The fraction of sp³-hybridized carbons (Fsp3) is 0.316. The highest BCUT2D eigenvalue weighted by molar-refractivity contribution is 7.12. The molecule has 1 aliphatic carbocycles. The van der Waals surface area contributed by atoms with E-state index in [-0.39, 0.29) is 5.78 Å². The highest BCUT2D eigenvalue weighted by Crippen LogP contribution is 2.38. The molecule has 1 aliphatic rings. The fourth-order valence-electron chi connectivity index (χ4n) is 2.94. The van der Waals surface area contributed by atoms with Gasteiger partial charge in [0.1, 0.15) is 11.5 Å². The molecule has 24 heavy (non-hydrogen) atoms. The van der Waals surface area contributed by atoms with Crippen LogP contribution >= 0.6 is 11.3 Å². The van der Waals surface area contributed by atoms with E-state index in [1.54, 1.807) is 13.3 Å². The number of hydrogen-bond acceptors (Lipinski definition) is 5. The average Bonchev–Trinajstić information content (AvgIpc) is 3.24. The van der Waals surface area contributed by atoms with Crippen molar-refractivity contribution in [3.63, 3.8) is 0 Å². The van der Waals surface area contributed by atoms with Crippen LogP contribution in [0.4, 0.5) is 0 Å². The normalized spacial score (nSPS) is 13.5. The Labute approximate surface area is 146 Å². The molecule has 0 spiro atoms. The smallest absolute Gasteiger partial charge is 0.239 e. The Bertz CT molecular complexity index is 763. The van der Waals surface area contributed by atoms with Gasteiger partial charge < -0.3 is 14.4 Å². The molecule has 126 valence electrons.